The summed E-state index contributed by atoms with van der Waals surface area (Å²) in [6.07, 6.45) is 3.72. The van der Waals surface area contributed by atoms with Crippen molar-refractivity contribution in [1.82, 2.24) is 24.9 Å². The van der Waals surface area contributed by atoms with Crippen molar-refractivity contribution >= 4 is 21.9 Å². The monoisotopic (exact) mass is 410 g/mol. The van der Waals surface area contributed by atoms with E-state index in [1.807, 2.05) is 14.1 Å². The van der Waals surface area contributed by atoms with E-state index in [9.17, 15) is 0 Å². The molecule has 0 aliphatic heterocycles. The molecule has 0 saturated heterocycles. The second-order valence-corrected chi connectivity index (χ2v) is 7.31. The van der Waals surface area contributed by atoms with Crippen LogP contribution in [0.1, 0.15) is 43.6 Å². The van der Waals surface area contributed by atoms with Crippen molar-refractivity contribution in [2.45, 2.75) is 39.2 Å². The number of hydrogen-bond acceptors (Lipinski definition) is 4. The summed E-state index contributed by atoms with van der Waals surface area (Å²) in [5.74, 6) is 2.63. The molecule has 1 N–H and O–H groups in total. The molecule has 2 aromatic rings. The topological polar surface area (TPSA) is 71.5 Å². The van der Waals surface area contributed by atoms with Gasteiger partial charge in [0, 0.05) is 56.4 Å². The summed E-state index contributed by atoms with van der Waals surface area (Å²) >= 11 is 3.51. The van der Waals surface area contributed by atoms with Crippen molar-refractivity contribution in [1.29, 1.82) is 0 Å². The first-order valence-corrected chi connectivity index (χ1v) is 9.25. The van der Waals surface area contributed by atoms with Crippen molar-refractivity contribution in [2.24, 2.45) is 12.0 Å². The van der Waals surface area contributed by atoms with Gasteiger partial charge in [0.1, 0.15) is 0 Å². The highest BCUT2D eigenvalue weighted by Gasteiger charge is 2.11. The second-order valence-electron chi connectivity index (χ2n) is 6.40. The van der Waals surface area contributed by atoms with Crippen LogP contribution in [0.15, 0.2) is 26.3 Å². The smallest absolute Gasteiger partial charge is 0.226 e. The first-order valence-electron chi connectivity index (χ1n) is 8.45. The molecule has 2 heterocycles. The van der Waals surface area contributed by atoms with Gasteiger partial charge in [-0.3, -0.25) is 4.99 Å². The largest absolute Gasteiger partial charge is 0.356 e. The summed E-state index contributed by atoms with van der Waals surface area (Å²) in [5, 5.41) is 7.37. The zero-order valence-electron chi connectivity index (χ0n) is 15.6. The zero-order valence-corrected chi connectivity index (χ0v) is 17.2. The van der Waals surface area contributed by atoms with Crippen LogP contribution in [0.2, 0.25) is 0 Å². The number of nitrogens with zero attached hydrogens (tertiary/aromatic N) is 5. The molecule has 0 radical (unpaired) electrons. The van der Waals surface area contributed by atoms with Crippen LogP contribution in [0.4, 0.5) is 0 Å². The van der Waals surface area contributed by atoms with E-state index in [1.54, 1.807) is 7.05 Å². The first-order chi connectivity index (χ1) is 11.9. The summed E-state index contributed by atoms with van der Waals surface area (Å²) in [6.45, 7) is 5.69. The summed E-state index contributed by atoms with van der Waals surface area (Å²) in [6, 6.07) is 2.12. The maximum atomic E-state index is 5.26. The summed E-state index contributed by atoms with van der Waals surface area (Å²) in [5.41, 5.74) is 1.21. The molecule has 0 spiro atoms. The summed E-state index contributed by atoms with van der Waals surface area (Å²) in [4.78, 5) is 10.9. The molecule has 0 aliphatic rings. The third-order valence-electron chi connectivity index (χ3n) is 3.90. The van der Waals surface area contributed by atoms with Gasteiger partial charge >= 0.3 is 0 Å². The Bertz CT molecular complexity index is 706. The van der Waals surface area contributed by atoms with Crippen LogP contribution in [0.5, 0.6) is 0 Å². The second kappa shape index (κ2) is 9.03. The van der Waals surface area contributed by atoms with Gasteiger partial charge in [-0.25, -0.2) is 0 Å². The van der Waals surface area contributed by atoms with Gasteiger partial charge < -0.3 is 19.3 Å². The molecular formula is C17H27BrN6O. The van der Waals surface area contributed by atoms with E-state index in [-0.39, 0.29) is 0 Å². The number of halogens is 1. The van der Waals surface area contributed by atoms with Crippen LogP contribution < -0.4 is 5.32 Å². The number of hydrogen-bond donors (Lipinski definition) is 1. The molecule has 0 aromatic carbocycles. The molecular weight excluding hydrogens is 384 g/mol. The number of aromatic nitrogens is 3. The predicted octanol–water partition coefficient (Wildman–Crippen LogP) is 2.93. The molecule has 8 heteroatoms. The van der Waals surface area contributed by atoms with Gasteiger partial charge in [-0.1, -0.05) is 19.0 Å². The minimum absolute atomic E-state index is 0.292. The van der Waals surface area contributed by atoms with E-state index in [0.29, 0.717) is 11.8 Å². The molecule has 0 unspecified atom stereocenters. The van der Waals surface area contributed by atoms with Gasteiger partial charge in [0.15, 0.2) is 11.8 Å². The molecule has 0 bridgehead atoms. The van der Waals surface area contributed by atoms with E-state index in [4.69, 9.17) is 4.52 Å². The van der Waals surface area contributed by atoms with Gasteiger partial charge in [-0.05, 0) is 28.4 Å². The average molecular weight is 411 g/mol. The molecule has 0 aliphatic carbocycles. The van der Waals surface area contributed by atoms with Gasteiger partial charge in [0.25, 0.3) is 0 Å². The van der Waals surface area contributed by atoms with Crippen molar-refractivity contribution in [2.75, 3.05) is 20.6 Å². The zero-order chi connectivity index (χ0) is 18.4. The highest BCUT2D eigenvalue weighted by Crippen LogP contribution is 2.15. The minimum Gasteiger partial charge on any atom is -0.356 e. The SMILES string of the molecule is CN=C(NCCCc1nc(C(C)C)no1)N(C)Cc1cc(Br)cn1C. The van der Waals surface area contributed by atoms with Crippen LogP contribution >= 0.6 is 15.9 Å². The highest BCUT2D eigenvalue weighted by atomic mass is 79.9. The lowest BCUT2D eigenvalue weighted by Crippen LogP contribution is -2.39. The average Bonchev–Trinajstić information content (AvgIpc) is 3.14. The third-order valence-corrected chi connectivity index (χ3v) is 4.33. The Hall–Kier alpha value is -1.83. The number of guanidine groups is 1. The van der Waals surface area contributed by atoms with Crippen LogP contribution in [-0.4, -0.2) is 46.2 Å². The minimum atomic E-state index is 0.292. The van der Waals surface area contributed by atoms with Crippen LogP contribution in [0.3, 0.4) is 0 Å². The third kappa shape index (κ3) is 5.59. The van der Waals surface area contributed by atoms with E-state index >= 15 is 0 Å². The number of aliphatic imine (C=N–C) groups is 1. The van der Waals surface area contributed by atoms with Crippen molar-refractivity contribution < 1.29 is 4.52 Å². The Morgan fingerprint density at radius 3 is 2.80 bits per heavy atom. The normalized spacial score (nSPS) is 12.0. The number of rotatable bonds is 7. The fourth-order valence-electron chi connectivity index (χ4n) is 2.47. The predicted molar refractivity (Wildman–Crippen MR) is 103 cm³/mol. The molecule has 2 rings (SSSR count). The van der Waals surface area contributed by atoms with Crippen LogP contribution in [0.25, 0.3) is 0 Å². The Labute approximate surface area is 157 Å². The Morgan fingerprint density at radius 1 is 1.48 bits per heavy atom. The van der Waals surface area contributed by atoms with Crippen molar-refractivity contribution in [3.63, 3.8) is 0 Å². The lowest BCUT2D eigenvalue weighted by Gasteiger charge is -2.22. The lowest BCUT2D eigenvalue weighted by atomic mass is 10.2. The molecule has 25 heavy (non-hydrogen) atoms. The molecule has 7 nitrogen and oxygen atoms in total. The molecule has 2 aromatic heterocycles. The lowest BCUT2D eigenvalue weighted by molar-refractivity contribution is 0.368. The number of nitrogens with one attached hydrogen (secondary N) is 1. The highest BCUT2D eigenvalue weighted by molar-refractivity contribution is 9.10. The summed E-state index contributed by atoms with van der Waals surface area (Å²) < 4.78 is 8.46. The Morgan fingerprint density at radius 2 is 2.24 bits per heavy atom. The van der Waals surface area contributed by atoms with E-state index in [0.717, 1.165) is 42.2 Å². The molecule has 0 atom stereocenters. The maximum absolute atomic E-state index is 5.26. The molecule has 0 amide bonds. The molecule has 0 fully saturated rings. The number of aryl methyl sites for hydroxylation is 2. The standard InChI is InChI=1S/C17H27BrN6O/c1-12(2)16-21-15(25-22-16)7-6-8-20-17(19-3)24(5)11-14-9-13(18)10-23(14)4/h9-10,12H,6-8,11H2,1-5H3,(H,19,20). The quantitative estimate of drug-likeness (QED) is 0.431. The van der Waals surface area contributed by atoms with Crippen molar-refractivity contribution in [3.8, 4) is 0 Å². The van der Waals surface area contributed by atoms with E-state index in [2.05, 4.69) is 72.0 Å². The van der Waals surface area contributed by atoms with Gasteiger partial charge in [-0.2, -0.15) is 4.98 Å². The summed E-state index contributed by atoms with van der Waals surface area (Å²) in [7, 11) is 5.87. The van der Waals surface area contributed by atoms with Crippen molar-refractivity contribution in [3.05, 3.63) is 34.1 Å². The fourth-order valence-corrected chi connectivity index (χ4v) is 3.04. The maximum Gasteiger partial charge on any atom is 0.226 e. The van der Waals surface area contributed by atoms with Gasteiger partial charge in [-0.15, -0.1) is 0 Å². The van der Waals surface area contributed by atoms with E-state index < -0.39 is 0 Å². The van der Waals surface area contributed by atoms with Gasteiger partial charge in [0.2, 0.25) is 5.89 Å². The van der Waals surface area contributed by atoms with Crippen LogP contribution in [-0.2, 0) is 20.0 Å². The first kappa shape index (κ1) is 19.5. The van der Waals surface area contributed by atoms with Gasteiger partial charge in [0.05, 0.1) is 6.54 Å². The molecule has 0 saturated carbocycles. The Kier molecular flexibility index (Phi) is 7.04. The van der Waals surface area contributed by atoms with Crippen LogP contribution in [0, 0.1) is 0 Å². The van der Waals surface area contributed by atoms with E-state index in [1.165, 1.54) is 5.69 Å². The fraction of sp³-hybridized carbons (Fsp3) is 0.588. The Balaban J connectivity index is 1.78. The molecule has 138 valence electrons.